The number of rotatable bonds is 8. The van der Waals surface area contributed by atoms with E-state index in [9.17, 15) is 4.79 Å². The van der Waals surface area contributed by atoms with Crippen LogP contribution >= 0.6 is 23.2 Å². The summed E-state index contributed by atoms with van der Waals surface area (Å²) in [5, 5.41) is 3.42. The van der Waals surface area contributed by atoms with Crippen LogP contribution in [0.15, 0.2) is 24.3 Å². The third kappa shape index (κ3) is 5.14. The van der Waals surface area contributed by atoms with Crippen molar-refractivity contribution in [1.82, 2.24) is 0 Å². The molecule has 8 heteroatoms. The van der Waals surface area contributed by atoms with Crippen molar-refractivity contribution in [2.24, 2.45) is 5.92 Å². The van der Waals surface area contributed by atoms with Gasteiger partial charge in [-0.25, -0.2) is 0 Å². The summed E-state index contributed by atoms with van der Waals surface area (Å²) in [4.78, 5) is 12.8. The summed E-state index contributed by atoms with van der Waals surface area (Å²) in [6.07, 6.45) is 0. The molecule has 0 heterocycles. The first-order valence-electron chi connectivity index (χ1n) is 8.53. The summed E-state index contributed by atoms with van der Waals surface area (Å²) < 4.78 is 21.5. The van der Waals surface area contributed by atoms with E-state index in [-0.39, 0.29) is 5.02 Å². The van der Waals surface area contributed by atoms with E-state index < -0.39 is 5.91 Å². The van der Waals surface area contributed by atoms with Crippen LogP contribution in [-0.2, 0) is 0 Å². The number of carbonyl (C=O) groups is 1. The summed E-state index contributed by atoms with van der Waals surface area (Å²) in [7, 11) is 4.46. The van der Waals surface area contributed by atoms with E-state index in [1.54, 1.807) is 18.2 Å². The van der Waals surface area contributed by atoms with E-state index in [0.717, 1.165) is 0 Å². The average molecular weight is 428 g/mol. The van der Waals surface area contributed by atoms with Gasteiger partial charge in [-0.2, -0.15) is 0 Å². The predicted molar refractivity (Wildman–Crippen MR) is 111 cm³/mol. The number of methoxy groups -OCH3 is 3. The number of hydrogen-bond donors (Lipinski definition) is 1. The van der Waals surface area contributed by atoms with Crippen LogP contribution < -0.4 is 24.3 Å². The molecule has 0 aliphatic carbocycles. The maximum Gasteiger partial charge on any atom is 0.255 e. The van der Waals surface area contributed by atoms with Gasteiger partial charge in [0.25, 0.3) is 5.91 Å². The zero-order valence-corrected chi connectivity index (χ0v) is 17.9. The van der Waals surface area contributed by atoms with E-state index in [2.05, 4.69) is 5.32 Å². The van der Waals surface area contributed by atoms with E-state index in [4.69, 9.17) is 42.1 Å². The minimum absolute atomic E-state index is 0.283. The molecule has 0 unspecified atom stereocenters. The lowest BCUT2D eigenvalue weighted by Gasteiger charge is -2.16. The lowest BCUT2D eigenvalue weighted by molar-refractivity contribution is 0.102. The Labute approximate surface area is 174 Å². The molecule has 152 valence electrons. The van der Waals surface area contributed by atoms with Gasteiger partial charge >= 0.3 is 0 Å². The Bertz CT molecular complexity index is 855. The number of halogens is 2. The molecule has 6 nitrogen and oxygen atoms in total. The zero-order valence-electron chi connectivity index (χ0n) is 16.4. The van der Waals surface area contributed by atoms with Gasteiger partial charge in [-0.1, -0.05) is 37.0 Å². The van der Waals surface area contributed by atoms with Crippen molar-refractivity contribution in [3.63, 3.8) is 0 Å². The highest BCUT2D eigenvalue weighted by atomic mass is 35.5. The molecule has 0 aliphatic heterocycles. The van der Waals surface area contributed by atoms with Crippen molar-refractivity contribution in [3.8, 4) is 23.0 Å². The Morgan fingerprint density at radius 2 is 1.57 bits per heavy atom. The molecule has 28 heavy (non-hydrogen) atoms. The molecule has 0 spiro atoms. The molecular weight excluding hydrogens is 405 g/mol. The van der Waals surface area contributed by atoms with Gasteiger partial charge in [0.05, 0.1) is 43.7 Å². The number of hydrogen-bond acceptors (Lipinski definition) is 5. The highest BCUT2D eigenvalue weighted by Gasteiger charge is 2.18. The first-order chi connectivity index (χ1) is 13.3. The minimum atomic E-state index is -0.404. The first kappa shape index (κ1) is 22.0. The molecule has 2 rings (SSSR count). The number of carbonyl (C=O) groups excluding carboxylic acids is 1. The van der Waals surface area contributed by atoms with Gasteiger partial charge in [-0.05, 0) is 18.1 Å². The second-order valence-corrected chi connectivity index (χ2v) is 7.15. The van der Waals surface area contributed by atoms with Gasteiger partial charge in [-0.3, -0.25) is 4.79 Å². The number of nitrogens with one attached hydrogen (secondary N) is 1. The van der Waals surface area contributed by atoms with E-state index in [1.807, 2.05) is 13.8 Å². The number of anilines is 1. The zero-order chi connectivity index (χ0) is 20.8. The highest BCUT2D eigenvalue weighted by molar-refractivity contribution is 6.33. The maximum absolute atomic E-state index is 12.8. The predicted octanol–water partition coefficient (Wildman–Crippen LogP) is 5.31. The molecule has 0 bridgehead atoms. The lowest BCUT2D eigenvalue weighted by Crippen LogP contribution is -2.14. The first-order valence-corrected chi connectivity index (χ1v) is 9.29. The summed E-state index contributed by atoms with van der Waals surface area (Å²) in [6, 6.07) is 6.23. The standard InChI is InChI=1S/C20H23Cl2NO5/c1-11(2)10-28-19-14(22)6-12(7-18(19)27-5)20(24)23-15-9-16(25-3)13(21)8-17(15)26-4/h6-9,11H,10H2,1-5H3,(H,23,24). The Morgan fingerprint density at radius 1 is 0.929 bits per heavy atom. The molecule has 2 aromatic carbocycles. The Morgan fingerprint density at radius 3 is 2.14 bits per heavy atom. The van der Waals surface area contributed by atoms with E-state index in [1.165, 1.54) is 27.4 Å². The van der Waals surface area contributed by atoms with Gasteiger partial charge in [0.1, 0.15) is 11.5 Å². The summed E-state index contributed by atoms with van der Waals surface area (Å²) in [5.41, 5.74) is 0.707. The largest absolute Gasteiger partial charge is 0.495 e. The fourth-order valence-electron chi connectivity index (χ4n) is 2.39. The molecule has 0 saturated carbocycles. The lowest BCUT2D eigenvalue weighted by atomic mass is 10.1. The SMILES string of the molecule is COc1cc(NC(=O)c2cc(Cl)c(OCC(C)C)c(OC)c2)c(OC)cc1Cl. The van der Waals surface area contributed by atoms with Crippen LogP contribution in [0.5, 0.6) is 23.0 Å². The Hall–Kier alpha value is -2.31. The van der Waals surface area contributed by atoms with Crippen LogP contribution in [0.1, 0.15) is 24.2 Å². The maximum atomic E-state index is 12.8. The third-order valence-electron chi connectivity index (χ3n) is 3.77. The Balaban J connectivity index is 2.33. The summed E-state index contributed by atoms with van der Waals surface area (Å²) in [6.45, 7) is 4.52. The fourth-order valence-corrected chi connectivity index (χ4v) is 2.89. The van der Waals surface area contributed by atoms with Crippen molar-refractivity contribution < 1.29 is 23.7 Å². The van der Waals surface area contributed by atoms with Gasteiger partial charge in [-0.15, -0.1) is 0 Å². The topological polar surface area (TPSA) is 66.0 Å². The normalized spacial score (nSPS) is 10.6. The molecule has 0 saturated heterocycles. The van der Waals surface area contributed by atoms with E-state index >= 15 is 0 Å². The number of benzene rings is 2. The smallest absolute Gasteiger partial charge is 0.255 e. The fraction of sp³-hybridized carbons (Fsp3) is 0.350. The van der Waals surface area contributed by atoms with Gasteiger partial charge in [0.15, 0.2) is 11.5 Å². The molecule has 1 amide bonds. The van der Waals surface area contributed by atoms with Crippen molar-refractivity contribution in [2.75, 3.05) is 33.3 Å². The van der Waals surface area contributed by atoms with Crippen LogP contribution in [0.2, 0.25) is 10.0 Å². The summed E-state index contributed by atoms with van der Waals surface area (Å²) >= 11 is 12.4. The minimum Gasteiger partial charge on any atom is -0.495 e. The van der Waals surface area contributed by atoms with Crippen LogP contribution in [0.25, 0.3) is 0 Å². The molecule has 0 fully saturated rings. The highest BCUT2D eigenvalue weighted by Crippen LogP contribution is 2.38. The van der Waals surface area contributed by atoms with Crippen molar-refractivity contribution in [1.29, 1.82) is 0 Å². The van der Waals surface area contributed by atoms with Crippen molar-refractivity contribution in [2.45, 2.75) is 13.8 Å². The second-order valence-electron chi connectivity index (χ2n) is 6.34. The molecule has 2 aromatic rings. The second kappa shape index (κ2) is 9.75. The van der Waals surface area contributed by atoms with Crippen LogP contribution in [0.4, 0.5) is 5.69 Å². The number of amides is 1. The summed E-state index contributed by atoms with van der Waals surface area (Å²) in [5.74, 6) is 1.49. The van der Waals surface area contributed by atoms with E-state index in [0.29, 0.717) is 51.8 Å². The average Bonchev–Trinajstić information content (AvgIpc) is 2.66. The molecule has 0 atom stereocenters. The quantitative estimate of drug-likeness (QED) is 0.618. The van der Waals surface area contributed by atoms with Crippen LogP contribution in [-0.4, -0.2) is 33.8 Å². The van der Waals surface area contributed by atoms with Gasteiger partial charge in [0.2, 0.25) is 0 Å². The molecule has 0 radical (unpaired) electrons. The van der Waals surface area contributed by atoms with Crippen LogP contribution in [0, 0.1) is 5.92 Å². The number of ether oxygens (including phenoxy) is 4. The third-order valence-corrected chi connectivity index (χ3v) is 4.35. The monoisotopic (exact) mass is 427 g/mol. The van der Waals surface area contributed by atoms with Crippen LogP contribution in [0.3, 0.4) is 0 Å². The molecular formula is C20H23Cl2NO5. The van der Waals surface area contributed by atoms with Crippen molar-refractivity contribution in [3.05, 3.63) is 39.9 Å². The van der Waals surface area contributed by atoms with Crippen molar-refractivity contribution >= 4 is 34.8 Å². The Kier molecular flexibility index (Phi) is 7.66. The molecule has 1 N–H and O–H groups in total. The van der Waals surface area contributed by atoms with Gasteiger partial charge in [0, 0.05) is 17.7 Å². The molecule has 0 aliphatic rings. The molecule has 0 aromatic heterocycles. The van der Waals surface area contributed by atoms with Gasteiger partial charge < -0.3 is 24.3 Å².